The van der Waals surface area contributed by atoms with E-state index in [1.54, 1.807) is 6.07 Å². The minimum absolute atomic E-state index is 0.115. The number of hydrogen-bond acceptors (Lipinski definition) is 4. The van der Waals surface area contributed by atoms with Gasteiger partial charge in [-0.15, -0.1) is 0 Å². The molecule has 3 rings (SSSR count). The fourth-order valence-corrected chi connectivity index (χ4v) is 2.55. The quantitative estimate of drug-likeness (QED) is 0.867. The van der Waals surface area contributed by atoms with Gasteiger partial charge in [-0.2, -0.15) is 0 Å². The van der Waals surface area contributed by atoms with Gasteiger partial charge in [-0.25, -0.2) is 0 Å². The van der Waals surface area contributed by atoms with E-state index in [0.717, 1.165) is 44.5 Å². The molecule has 2 fully saturated rings. The van der Waals surface area contributed by atoms with Crippen LogP contribution in [0.25, 0.3) is 0 Å². The van der Waals surface area contributed by atoms with Crippen molar-refractivity contribution in [3.05, 3.63) is 17.5 Å². The number of carbonyl (C=O) groups excluding carboxylic acids is 1. The number of amides is 1. The molecule has 0 spiro atoms. The molecule has 1 saturated heterocycles. The molecule has 104 valence electrons. The van der Waals surface area contributed by atoms with Gasteiger partial charge in [0.25, 0.3) is 5.91 Å². The van der Waals surface area contributed by atoms with Gasteiger partial charge in [-0.1, -0.05) is 12.1 Å². The van der Waals surface area contributed by atoms with Crippen LogP contribution in [0.3, 0.4) is 0 Å². The largest absolute Gasteiger partial charge is 0.360 e. The summed E-state index contributed by atoms with van der Waals surface area (Å²) in [5.41, 5.74) is 0.615. The van der Waals surface area contributed by atoms with Crippen molar-refractivity contribution in [2.45, 2.75) is 38.5 Å². The van der Waals surface area contributed by atoms with Crippen LogP contribution in [0.4, 0.5) is 0 Å². The van der Waals surface area contributed by atoms with Crippen molar-refractivity contribution in [3.63, 3.8) is 0 Å². The number of rotatable bonds is 4. The van der Waals surface area contributed by atoms with Crippen LogP contribution in [0.15, 0.2) is 10.6 Å². The van der Waals surface area contributed by atoms with Crippen LogP contribution < -0.4 is 10.6 Å². The van der Waals surface area contributed by atoms with E-state index in [2.05, 4.69) is 22.7 Å². The molecule has 1 aromatic rings. The summed E-state index contributed by atoms with van der Waals surface area (Å²) < 4.78 is 5.21. The molecule has 0 aromatic carbocycles. The monoisotopic (exact) mass is 263 g/mol. The molecule has 2 N–H and O–H groups in total. The summed E-state index contributed by atoms with van der Waals surface area (Å²) >= 11 is 0. The Kier molecular flexibility index (Phi) is 3.31. The third kappa shape index (κ3) is 2.97. The second kappa shape index (κ2) is 4.96. The van der Waals surface area contributed by atoms with Crippen molar-refractivity contribution in [2.24, 2.45) is 5.41 Å². The van der Waals surface area contributed by atoms with Crippen LogP contribution >= 0.6 is 0 Å². The first-order valence-corrected chi connectivity index (χ1v) is 7.12. The van der Waals surface area contributed by atoms with Crippen LogP contribution in [0, 0.1) is 5.41 Å². The Balaban J connectivity index is 1.55. The minimum atomic E-state index is -0.115. The second-order valence-electron chi connectivity index (χ2n) is 6.13. The summed E-state index contributed by atoms with van der Waals surface area (Å²) in [7, 11) is 0. The number of hydrogen-bond donors (Lipinski definition) is 2. The van der Waals surface area contributed by atoms with Crippen molar-refractivity contribution in [2.75, 3.05) is 19.6 Å². The second-order valence-corrected chi connectivity index (χ2v) is 6.13. The van der Waals surface area contributed by atoms with E-state index in [0.29, 0.717) is 18.2 Å². The van der Waals surface area contributed by atoms with E-state index in [9.17, 15) is 4.79 Å². The van der Waals surface area contributed by atoms with Crippen molar-refractivity contribution in [1.29, 1.82) is 0 Å². The predicted molar refractivity (Wildman–Crippen MR) is 71.0 cm³/mol. The number of nitrogens with zero attached hydrogens (tertiary/aromatic N) is 1. The summed E-state index contributed by atoms with van der Waals surface area (Å²) in [6.07, 6.45) is 4.50. The van der Waals surface area contributed by atoms with E-state index in [4.69, 9.17) is 4.52 Å². The zero-order chi connectivity index (χ0) is 13.3. The summed E-state index contributed by atoms with van der Waals surface area (Å²) in [6.45, 7) is 5.00. The van der Waals surface area contributed by atoms with E-state index in [1.807, 2.05) is 0 Å². The van der Waals surface area contributed by atoms with Gasteiger partial charge in [-0.3, -0.25) is 4.79 Å². The lowest BCUT2D eigenvalue weighted by molar-refractivity contribution is 0.0913. The first kappa shape index (κ1) is 12.7. The third-order valence-corrected chi connectivity index (χ3v) is 4.23. The summed E-state index contributed by atoms with van der Waals surface area (Å²) in [5.74, 6) is 1.24. The Morgan fingerprint density at radius 2 is 2.26 bits per heavy atom. The van der Waals surface area contributed by atoms with Crippen LogP contribution in [-0.2, 0) is 0 Å². The maximum atomic E-state index is 12.0. The number of aromatic nitrogens is 1. The van der Waals surface area contributed by atoms with E-state index in [1.165, 1.54) is 0 Å². The van der Waals surface area contributed by atoms with Crippen LogP contribution in [0.1, 0.15) is 54.8 Å². The lowest BCUT2D eigenvalue weighted by Gasteiger charge is -2.33. The molecular weight excluding hydrogens is 242 g/mol. The van der Waals surface area contributed by atoms with Crippen LogP contribution in [0.2, 0.25) is 0 Å². The van der Waals surface area contributed by atoms with Gasteiger partial charge >= 0.3 is 0 Å². The van der Waals surface area contributed by atoms with Crippen molar-refractivity contribution in [3.8, 4) is 0 Å². The van der Waals surface area contributed by atoms with Crippen LogP contribution in [0.5, 0.6) is 0 Å². The Labute approximate surface area is 113 Å². The van der Waals surface area contributed by atoms with Crippen molar-refractivity contribution >= 4 is 5.91 Å². The standard InChI is InChI=1S/C14H21N3O2/c1-14(4-6-15-7-5-14)9-16-13(18)11-8-12(19-17-11)10-2-3-10/h8,10,15H,2-7,9H2,1H3,(H,16,18). The Morgan fingerprint density at radius 3 is 2.95 bits per heavy atom. The Morgan fingerprint density at radius 1 is 1.53 bits per heavy atom. The molecule has 1 aromatic heterocycles. The van der Waals surface area contributed by atoms with Gasteiger partial charge in [0.2, 0.25) is 0 Å². The highest BCUT2D eigenvalue weighted by Gasteiger charge is 2.30. The van der Waals surface area contributed by atoms with Crippen molar-refractivity contribution in [1.82, 2.24) is 15.8 Å². The van der Waals surface area contributed by atoms with E-state index < -0.39 is 0 Å². The molecule has 19 heavy (non-hydrogen) atoms. The first-order valence-electron chi connectivity index (χ1n) is 7.12. The molecule has 0 atom stereocenters. The highest BCUT2D eigenvalue weighted by Crippen LogP contribution is 2.40. The lowest BCUT2D eigenvalue weighted by atomic mass is 9.81. The van der Waals surface area contributed by atoms with Gasteiger partial charge < -0.3 is 15.2 Å². The number of piperidine rings is 1. The molecule has 0 bridgehead atoms. The summed E-state index contributed by atoms with van der Waals surface area (Å²) in [6, 6.07) is 1.79. The summed E-state index contributed by atoms with van der Waals surface area (Å²) in [5, 5.41) is 10.2. The maximum absolute atomic E-state index is 12.0. The highest BCUT2D eigenvalue weighted by molar-refractivity contribution is 5.92. The van der Waals surface area contributed by atoms with Gasteiger partial charge in [-0.05, 0) is 44.2 Å². The molecule has 5 nitrogen and oxygen atoms in total. The Bertz CT molecular complexity index is 459. The molecule has 0 radical (unpaired) electrons. The topological polar surface area (TPSA) is 67.2 Å². The molecule has 5 heteroatoms. The lowest BCUT2D eigenvalue weighted by Crippen LogP contribution is -2.42. The predicted octanol–water partition coefficient (Wildman–Crippen LogP) is 1.67. The maximum Gasteiger partial charge on any atom is 0.273 e. The summed E-state index contributed by atoms with van der Waals surface area (Å²) in [4.78, 5) is 12.0. The fraction of sp³-hybridized carbons (Fsp3) is 0.714. The molecule has 1 aliphatic carbocycles. The third-order valence-electron chi connectivity index (χ3n) is 4.23. The molecule has 0 unspecified atom stereocenters. The average Bonchev–Trinajstić information content (AvgIpc) is 3.15. The number of nitrogens with one attached hydrogen (secondary N) is 2. The number of carbonyl (C=O) groups is 1. The average molecular weight is 263 g/mol. The zero-order valence-electron chi connectivity index (χ0n) is 11.4. The van der Waals surface area contributed by atoms with E-state index >= 15 is 0 Å². The SMILES string of the molecule is CC1(CNC(=O)c2cc(C3CC3)on2)CCNCC1. The smallest absolute Gasteiger partial charge is 0.273 e. The van der Waals surface area contributed by atoms with Crippen LogP contribution in [-0.4, -0.2) is 30.7 Å². The van der Waals surface area contributed by atoms with Gasteiger partial charge in [0, 0.05) is 18.5 Å². The Hall–Kier alpha value is -1.36. The van der Waals surface area contributed by atoms with Gasteiger partial charge in [0.1, 0.15) is 5.76 Å². The fourth-order valence-electron chi connectivity index (χ4n) is 2.55. The van der Waals surface area contributed by atoms with Crippen molar-refractivity contribution < 1.29 is 9.32 Å². The molecule has 1 amide bonds. The minimum Gasteiger partial charge on any atom is -0.360 e. The van der Waals surface area contributed by atoms with E-state index in [-0.39, 0.29) is 11.3 Å². The molecule has 1 saturated carbocycles. The normalized spacial score (nSPS) is 22.2. The highest BCUT2D eigenvalue weighted by atomic mass is 16.5. The molecule has 2 heterocycles. The van der Waals surface area contributed by atoms with Gasteiger partial charge in [0.15, 0.2) is 5.69 Å². The molecular formula is C14H21N3O2. The molecule has 1 aliphatic heterocycles. The van der Waals surface area contributed by atoms with Gasteiger partial charge in [0.05, 0.1) is 0 Å². The first-order chi connectivity index (χ1) is 9.16. The molecule has 2 aliphatic rings. The zero-order valence-corrected chi connectivity index (χ0v) is 11.4.